The highest BCUT2D eigenvalue weighted by Crippen LogP contribution is 2.26. The van der Waals surface area contributed by atoms with E-state index in [1.807, 2.05) is 0 Å². The summed E-state index contributed by atoms with van der Waals surface area (Å²) in [4.78, 5) is 11.1. The van der Waals surface area contributed by atoms with Crippen LogP contribution in [0.5, 0.6) is 0 Å². The SMILES string of the molecule is CCCCCC1CCC#CC1C(N)=O. The third-order valence-electron chi connectivity index (χ3n) is 2.85. The quantitative estimate of drug-likeness (QED) is 0.527. The number of carbonyl (C=O) groups excluding carboxylic acids is 1. The number of rotatable bonds is 5. The Balaban J connectivity index is 2.43. The molecule has 2 N–H and O–H groups in total. The minimum Gasteiger partial charge on any atom is -0.369 e. The zero-order valence-corrected chi connectivity index (χ0v) is 8.88. The Morgan fingerprint density at radius 1 is 1.50 bits per heavy atom. The molecule has 0 saturated carbocycles. The fourth-order valence-electron chi connectivity index (χ4n) is 2.00. The molecule has 0 saturated heterocycles. The Morgan fingerprint density at radius 3 is 2.93 bits per heavy atom. The van der Waals surface area contributed by atoms with Crippen LogP contribution in [-0.2, 0) is 4.79 Å². The van der Waals surface area contributed by atoms with Gasteiger partial charge in [-0.25, -0.2) is 0 Å². The summed E-state index contributed by atoms with van der Waals surface area (Å²) in [6.45, 7) is 2.19. The zero-order valence-electron chi connectivity index (χ0n) is 8.88. The lowest BCUT2D eigenvalue weighted by Crippen LogP contribution is -2.30. The first-order valence-corrected chi connectivity index (χ1v) is 5.53. The second-order valence-electron chi connectivity index (χ2n) is 4.00. The Bertz CT molecular complexity index is 249. The van der Waals surface area contributed by atoms with E-state index in [0.717, 1.165) is 19.3 Å². The van der Waals surface area contributed by atoms with Crippen molar-refractivity contribution in [3.05, 3.63) is 0 Å². The van der Waals surface area contributed by atoms with Crippen molar-refractivity contribution in [3.63, 3.8) is 0 Å². The molecule has 0 heterocycles. The van der Waals surface area contributed by atoms with Crippen molar-refractivity contribution in [2.45, 2.75) is 45.4 Å². The summed E-state index contributed by atoms with van der Waals surface area (Å²) in [6, 6.07) is 0. The summed E-state index contributed by atoms with van der Waals surface area (Å²) in [6.07, 6.45) is 6.75. The van der Waals surface area contributed by atoms with Crippen molar-refractivity contribution in [2.75, 3.05) is 0 Å². The van der Waals surface area contributed by atoms with Crippen LogP contribution in [-0.4, -0.2) is 5.91 Å². The molecule has 0 fully saturated rings. The fraction of sp³-hybridized carbons (Fsp3) is 0.750. The average molecular weight is 193 g/mol. The standard InChI is InChI=1S/C12H19NO/c1-2-3-4-7-10-8-5-6-9-11(10)12(13)14/h10-11H,2-5,7-8H2,1H3,(H2,13,14). The predicted molar refractivity (Wildman–Crippen MR) is 57.3 cm³/mol. The van der Waals surface area contributed by atoms with Gasteiger partial charge < -0.3 is 5.73 Å². The molecule has 1 aliphatic carbocycles. The van der Waals surface area contributed by atoms with Crippen LogP contribution in [0.1, 0.15) is 45.4 Å². The highest BCUT2D eigenvalue weighted by atomic mass is 16.1. The van der Waals surface area contributed by atoms with Crippen LogP contribution in [0.15, 0.2) is 0 Å². The topological polar surface area (TPSA) is 43.1 Å². The zero-order chi connectivity index (χ0) is 10.4. The van der Waals surface area contributed by atoms with Crippen LogP contribution in [0.3, 0.4) is 0 Å². The highest BCUT2D eigenvalue weighted by molar-refractivity contribution is 5.80. The molecule has 78 valence electrons. The van der Waals surface area contributed by atoms with E-state index >= 15 is 0 Å². The van der Waals surface area contributed by atoms with E-state index in [9.17, 15) is 4.79 Å². The van der Waals surface area contributed by atoms with Crippen LogP contribution < -0.4 is 5.73 Å². The third kappa shape index (κ3) is 3.06. The van der Waals surface area contributed by atoms with Gasteiger partial charge in [0.25, 0.3) is 0 Å². The molecule has 0 radical (unpaired) electrons. The first kappa shape index (κ1) is 11.1. The summed E-state index contributed by atoms with van der Waals surface area (Å²) in [5.74, 6) is 5.96. The van der Waals surface area contributed by atoms with Gasteiger partial charge >= 0.3 is 0 Å². The van der Waals surface area contributed by atoms with E-state index in [4.69, 9.17) is 5.73 Å². The first-order chi connectivity index (χ1) is 6.75. The van der Waals surface area contributed by atoms with E-state index in [1.165, 1.54) is 19.3 Å². The molecular formula is C12H19NO. The maximum atomic E-state index is 11.1. The van der Waals surface area contributed by atoms with Crippen molar-refractivity contribution in [3.8, 4) is 11.8 Å². The maximum absolute atomic E-state index is 11.1. The van der Waals surface area contributed by atoms with Crippen molar-refractivity contribution in [1.29, 1.82) is 0 Å². The summed E-state index contributed by atoms with van der Waals surface area (Å²) in [5, 5.41) is 0. The molecule has 2 heteroatoms. The maximum Gasteiger partial charge on any atom is 0.232 e. The van der Waals surface area contributed by atoms with E-state index in [1.54, 1.807) is 0 Å². The van der Waals surface area contributed by atoms with Gasteiger partial charge in [0.2, 0.25) is 5.91 Å². The van der Waals surface area contributed by atoms with Crippen molar-refractivity contribution in [2.24, 2.45) is 17.6 Å². The molecular weight excluding hydrogens is 174 g/mol. The Hall–Kier alpha value is -0.970. The number of carbonyl (C=O) groups is 1. The van der Waals surface area contributed by atoms with Crippen molar-refractivity contribution in [1.82, 2.24) is 0 Å². The van der Waals surface area contributed by atoms with Crippen LogP contribution in [0, 0.1) is 23.7 Å². The van der Waals surface area contributed by atoms with Gasteiger partial charge in [0.05, 0.1) is 0 Å². The average Bonchev–Trinajstić information content (AvgIpc) is 2.19. The van der Waals surface area contributed by atoms with Gasteiger partial charge in [0.15, 0.2) is 0 Å². The van der Waals surface area contributed by atoms with Gasteiger partial charge in [-0.2, -0.15) is 0 Å². The smallest absolute Gasteiger partial charge is 0.232 e. The summed E-state index contributed by atoms with van der Waals surface area (Å²) in [7, 11) is 0. The molecule has 14 heavy (non-hydrogen) atoms. The van der Waals surface area contributed by atoms with Crippen LogP contribution in [0.2, 0.25) is 0 Å². The molecule has 1 amide bonds. The van der Waals surface area contributed by atoms with E-state index < -0.39 is 0 Å². The molecule has 2 nitrogen and oxygen atoms in total. The largest absolute Gasteiger partial charge is 0.369 e. The molecule has 1 rings (SSSR count). The molecule has 0 spiro atoms. The third-order valence-corrected chi connectivity index (χ3v) is 2.85. The number of hydrogen-bond acceptors (Lipinski definition) is 1. The minimum atomic E-state index is -0.237. The molecule has 0 aromatic carbocycles. The van der Waals surface area contributed by atoms with E-state index in [0.29, 0.717) is 5.92 Å². The minimum absolute atomic E-state index is 0.180. The summed E-state index contributed by atoms with van der Waals surface area (Å²) < 4.78 is 0. The second kappa shape index (κ2) is 5.70. The monoisotopic (exact) mass is 193 g/mol. The Kier molecular flexibility index (Phi) is 4.52. The fourth-order valence-corrected chi connectivity index (χ4v) is 2.00. The van der Waals surface area contributed by atoms with Crippen molar-refractivity contribution >= 4 is 5.91 Å². The summed E-state index contributed by atoms with van der Waals surface area (Å²) in [5.41, 5.74) is 5.32. The Morgan fingerprint density at radius 2 is 2.29 bits per heavy atom. The van der Waals surface area contributed by atoms with Gasteiger partial charge in [-0.15, -0.1) is 5.92 Å². The van der Waals surface area contributed by atoms with Crippen LogP contribution in [0.25, 0.3) is 0 Å². The second-order valence-corrected chi connectivity index (χ2v) is 4.00. The predicted octanol–water partition coefficient (Wildman–Crippen LogP) is 2.08. The first-order valence-electron chi connectivity index (χ1n) is 5.53. The molecule has 2 atom stereocenters. The van der Waals surface area contributed by atoms with Crippen LogP contribution in [0.4, 0.5) is 0 Å². The molecule has 2 unspecified atom stereocenters. The summed E-state index contributed by atoms with van der Waals surface area (Å²) >= 11 is 0. The van der Waals surface area contributed by atoms with E-state index in [2.05, 4.69) is 18.8 Å². The van der Waals surface area contributed by atoms with Gasteiger partial charge in [-0.3, -0.25) is 4.79 Å². The Labute approximate surface area is 86.2 Å². The van der Waals surface area contributed by atoms with Gasteiger partial charge in [-0.05, 0) is 18.8 Å². The van der Waals surface area contributed by atoms with Gasteiger partial charge in [0, 0.05) is 6.42 Å². The highest BCUT2D eigenvalue weighted by Gasteiger charge is 2.25. The number of primary amides is 1. The lowest BCUT2D eigenvalue weighted by atomic mass is 9.81. The number of hydrogen-bond donors (Lipinski definition) is 1. The number of amides is 1. The van der Waals surface area contributed by atoms with Gasteiger partial charge in [-0.1, -0.05) is 32.1 Å². The van der Waals surface area contributed by atoms with E-state index in [-0.39, 0.29) is 11.8 Å². The number of nitrogens with two attached hydrogens (primary N) is 1. The molecule has 0 aliphatic heterocycles. The molecule has 0 aromatic rings. The molecule has 0 bridgehead atoms. The van der Waals surface area contributed by atoms with Crippen molar-refractivity contribution < 1.29 is 4.79 Å². The molecule has 0 aromatic heterocycles. The number of unbranched alkanes of at least 4 members (excludes halogenated alkanes) is 2. The van der Waals surface area contributed by atoms with Crippen LogP contribution >= 0.6 is 0 Å². The molecule has 1 aliphatic rings. The lowest BCUT2D eigenvalue weighted by Gasteiger charge is -2.22. The van der Waals surface area contributed by atoms with Gasteiger partial charge in [0.1, 0.15) is 5.92 Å². The lowest BCUT2D eigenvalue weighted by molar-refractivity contribution is -0.121. The normalized spacial score (nSPS) is 25.2.